The Morgan fingerprint density at radius 3 is 2.88 bits per heavy atom. The molecule has 0 amide bonds. The second-order valence-corrected chi connectivity index (χ2v) is 7.28. The molecule has 26 heavy (non-hydrogen) atoms. The normalized spacial score (nSPS) is 28.5. The summed E-state index contributed by atoms with van der Waals surface area (Å²) in [6.07, 6.45) is 17.0. The Labute approximate surface area is 154 Å². The maximum atomic E-state index is 3.62. The van der Waals surface area contributed by atoms with E-state index in [0.29, 0.717) is 0 Å². The van der Waals surface area contributed by atoms with E-state index in [1.807, 2.05) is 12.2 Å². The van der Waals surface area contributed by atoms with Crippen LogP contribution >= 0.6 is 0 Å². The molecule has 0 bridgehead atoms. The van der Waals surface area contributed by atoms with E-state index in [0.717, 1.165) is 12.8 Å². The third kappa shape index (κ3) is 1.49. The number of benzene rings is 1. The van der Waals surface area contributed by atoms with Crippen molar-refractivity contribution in [1.82, 2.24) is 0 Å². The lowest BCUT2D eigenvalue weighted by Crippen LogP contribution is -2.33. The Morgan fingerprint density at radius 2 is 1.88 bits per heavy atom. The molecule has 120 valence electrons. The first-order valence-corrected chi connectivity index (χ1v) is 9.19. The van der Waals surface area contributed by atoms with E-state index in [2.05, 4.69) is 78.3 Å². The van der Waals surface area contributed by atoms with Gasteiger partial charge in [0.05, 0.1) is 11.3 Å². The van der Waals surface area contributed by atoms with E-state index in [4.69, 9.17) is 0 Å². The summed E-state index contributed by atoms with van der Waals surface area (Å²) >= 11 is 0. The van der Waals surface area contributed by atoms with E-state index in [1.54, 1.807) is 0 Å². The van der Waals surface area contributed by atoms with Gasteiger partial charge in [-0.3, -0.25) is 0 Å². The summed E-state index contributed by atoms with van der Waals surface area (Å²) in [6.45, 7) is 0. The molecule has 0 N–H and O–H groups in total. The van der Waals surface area contributed by atoms with Crippen LogP contribution in [0, 0.1) is 29.6 Å². The van der Waals surface area contributed by atoms with Gasteiger partial charge >= 0.3 is 0 Å². The van der Waals surface area contributed by atoms with Gasteiger partial charge in [-0.2, -0.15) is 0 Å². The molecule has 0 nitrogen and oxygen atoms in total. The molecule has 0 saturated heterocycles. The molecule has 0 fully saturated rings. The van der Waals surface area contributed by atoms with E-state index in [9.17, 15) is 0 Å². The van der Waals surface area contributed by atoms with Crippen LogP contribution in [0.1, 0.15) is 24.0 Å². The van der Waals surface area contributed by atoms with Gasteiger partial charge in [0.1, 0.15) is 0 Å². The highest BCUT2D eigenvalue weighted by Gasteiger charge is 2.57. The minimum absolute atomic E-state index is 0.154. The molecule has 5 aliphatic rings. The topological polar surface area (TPSA) is 0 Å². The van der Waals surface area contributed by atoms with Crippen molar-refractivity contribution < 1.29 is 0 Å². The third-order valence-corrected chi connectivity index (χ3v) is 6.29. The average Bonchev–Trinajstić information content (AvgIpc) is 3.14. The van der Waals surface area contributed by atoms with Crippen LogP contribution in [0.15, 0.2) is 89.1 Å². The Hall–Kier alpha value is -3.22. The van der Waals surface area contributed by atoms with Crippen LogP contribution in [-0.2, 0) is 5.41 Å². The number of fused-ring (bicyclic) bond motifs is 8. The summed E-state index contributed by atoms with van der Waals surface area (Å²) in [5.74, 6) is 13.6. The largest absolute Gasteiger partial charge is 0.0940 e. The summed E-state index contributed by atoms with van der Waals surface area (Å²) in [6, 6.07) is 8.91. The van der Waals surface area contributed by atoms with E-state index in [1.165, 1.54) is 39.0 Å². The van der Waals surface area contributed by atoms with Gasteiger partial charge in [-0.15, -0.1) is 0 Å². The summed E-state index contributed by atoms with van der Waals surface area (Å²) in [5.41, 5.74) is 9.71. The molecule has 2 unspecified atom stereocenters. The van der Waals surface area contributed by atoms with Crippen molar-refractivity contribution in [2.45, 2.75) is 18.3 Å². The molecule has 0 aliphatic heterocycles. The summed E-state index contributed by atoms with van der Waals surface area (Å²) in [5, 5.41) is 0. The van der Waals surface area contributed by atoms with Gasteiger partial charge in [-0.25, -0.2) is 0 Å². The maximum absolute atomic E-state index is 3.62. The molecule has 1 aromatic rings. The molecular formula is C26H16. The minimum Gasteiger partial charge on any atom is -0.0940 e. The molecular weight excluding hydrogens is 312 g/mol. The standard InChI is InChI=1S/C26H16/c1-3-10-18-20-12-7-8-16-24(20)26(22(18)14-5-1)23-15-6-2-4-11-19(23)21-13-9-17-25(21)26/h1,3-4,7-13,16,22H,15,17H2. The van der Waals surface area contributed by atoms with Crippen molar-refractivity contribution in [2.75, 3.05) is 0 Å². The van der Waals surface area contributed by atoms with E-state index < -0.39 is 0 Å². The summed E-state index contributed by atoms with van der Waals surface area (Å²) < 4.78 is 0. The Kier molecular flexibility index (Phi) is 2.64. The third-order valence-electron chi connectivity index (χ3n) is 6.29. The van der Waals surface area contributed by atoms with Crippen molar-refractivity contribution >= 4 is 5.57 Å². The lowest BCUT2D eigenvalue weighted by atomic mass is 9.64. The van der Waals surface area contributed by atoms with Crippen LogP contribution in [0.3, 0.4) is 0 Å². The van der Waals surface area contributed by atoms with Crippen molar-refractivity contribution in [3.8, 4) is 23.7 Å². The van der Waals surface area contributed by atoms with Gasteiger partial charge in [0.15, 0.2) is 0 Å². The number of hydrogen-bond donors (Lipinski definition) is 0. The Morgan fingerprint density at radius 1 is 0.962 bits per heavy atom. The van der Waals surface area contributed by atoms with E-state index >= 15 is 0 Å². The van der Waals surface area contributed by atoms with Crippen LogP contribution in [0.5, 0.6) is 0 Å². The molecule has 1 spiro atoms. The Balaban J connectivity index is 1.76. The summed E-state index contributed by atoms with van der Waals surface area (Å²) in [7, 11) is 0. The second-order valence-electron chi connectivity index (χ2n) is 7.28. The van der Waals surface area contributed by atoms with Gasteiger partial charge in [-0.05, 0) is 63.6 Å². The molecule has 0 heteroatoms. The zero-order valence-electron chi connectivity index (χ0n) is 14.3. The van der Waals surface area contributed by atoms with Gasteiger partial charge < -0.3 is 0 Å². The molecule has 2 atom stereocenters. The lowest BCUT2D eigenvalue weighted by Gasteiger charge is -2.36. The second kappa shape index (κ2) is 4.91. The van der Waals surface area contributed by atoms with Crippen LogP contribution in [0.25, 0.3) is 5.57 Å². The molecule has 5 aliphatic carbocycles. The SMILES string of the molecule is C1#CC2C(=CC=C1)c1ccccc1C21C2=C(C=CC#CC2)C2=C1CC=C2. The van der Waals surface area contributed by atoms with Gasteiger partial charge in [0, 0.05) is 6.42 Å². The number of rotatable bonds is 0. The quantitative estimate of drug-likeness (QED) is 0.585. The number of hydrogen-bond acceptors (Lipinski definition) is 0. The van der Waals surface area contributed by atoms with Crippen molar-refractivity contribution in [2.24, 2.45) is 5.92 Å². The molecule has 1 aromatic carbocycles. The molecule has 0 radical (unpaired) electrons. The number of allylic oxidation sites excluding steroid dienone is 12. The maximum Gasteiger partial charge on any atom is 0.0634 e. The first kappa shape index (κ1) is 14.0. The predicted molar refractivity (Wildman–Crippen MR) is 106 cm³/mol. The fourth-order valence-corrected chi connectivity index (χ4v) is 5.44. The highest BCUT2D eigenvalue weighted by atomic mass is 14.6. The lowest BCUT2D eigenvalue weighted by molar-refractivity contribution is 0.541. The summed E-state index contributed by atoms with van der Waals surface area (Å²) in [4.78, 5) is 0. The van der Waals surface area contributed by atoms with Crippen LogP contribution < -0.4 is 0 Å². The van der Waals surface area contributed by atoms with E-state index in [-0.39, 0.29) is 11.3 Å². The smallest absolute Gasteiger partial charge is 0.0634 e. The van der Waals surface area contributed by atoms with Gasteiger partial charge in [-0.1, -0.05) is 72.3 Å². The molecule has 6 rings (SSSR count). The van der Waals surface area contributed by atoms with Crippen LogP contribution in [0.2, 0.25) is 0 Å². The highest BCUT2D eigenvalue weighted by molar-refractivity contribution is 5.89. The molecule has 0 aromatic heterocycles. The van der Waals surface area contributed by atoms with Gasteiger partial charge in [0.2, 0.25) is 0 Å². The first-order valence-electron chi connectivity index (χ1n) is 9.19. The van der Waals surface area contributed by atoms with Crippen molar-refractivity contribution in [3.05, 3.63) is 100 Å². The monoisotopic (exact) mass is 328 g/mol. The predicted octanol–water partition coefficient (Wildman–Crippen LogP) is 5.04. The van der Waals surface area contributed by atoms with Gasteiger partial charge in [0.25, 0.3) is 0 Å². The van der Waals surface area contributed by atoms with Crippen LogP contribution in [0.4, 0.5) is 0 Å². The van der Waals surface area contributed by atoms with Crippen molar-refractivity contribution in [1.29, 1.82) is 0 Å². The zero-order chi connectivity index (χ0) is 17.1. The zero-order valence-corrected chi connectivity index (χ0v) is 14.3. The fraction of sp³-hybridized carbons (Fsp3) is 0.154. The minimum atomic E-state index is -0.154. The first-order chi connectivity index (χ1) is 12.9. The fourth-order valence-electron chi connectivity index (χ4n) is 5.44. The Bertz CT molecular complexity index is 1180. The molecule has 0 heterocycles. The average molecular weight is 328 g/mol. The van der Waals surface area contributed by atoms with Crippen LogP contribution in [-0.4, -0.2) is 0 Å². The molecule has 0 saturated carbocycles. The highest BCUT2D eigenvalue weighted by Crippen LogP contribution is 2.65. The van der Waals surface area contributed by atoms with Crippen molar-refractivity contribution in [3.63, 3.8) is 0 Å².